The van der Waals surface area contributed by atoms with Crippen LogP contribution in [-0.2, 0) is 10.8 Å². The minimum Gasteiger partial charge on any atom is -0.208 e. The molecule has 0 radical (unpaired) electrons. The Balaban J connectivity index is 0.931. The predicted molar refractivity (Wildman–Crippen MR) is 243 cm³/mol. The molecule has 5 aliphatic rings. The number of nitriles is 1. The van der Waals surface area contributed by atoms with Gasteiger partial charge in [-0.15, -0.1) is 0 Å². The highest BCUT2D eigenvalue weighted by molar-refractivity contribution is 5.89. The maximum Gasteiger partial charge on any atom is 0.164 e. The molecule has 8 aromatic rings. The molecule has 0 unspecified atom stereocenters. The van der Waals surface area contributed by atoms with Gasteiger partial charge in [-0.1, -0.05) is 158 Å². The lowest BCUT2D eigenvalue weighted by Gasteiger charge is -2.57. The van der Waals surface area contributed by atoms with Gasteiger partial charge >= 0.3 is 0 Å². The summed E-state index contributed by atoms with van der Waals surface area (Å²) in [6.45, 7) is 0. The van der Waals surface area contributed by atoms with Crippen LogP contribution in [-0.4, -0.2) is 15.0 Å². The van der Waals surface area contributed by atoms with Crippen molar-refractivity contribution in [3.8, 4) is 62.5 Å². The number of benzene rings is 7. The van der Waals surface area contributed by atoms with Crippen molar-refractivity contribution >= 4 is 0 Å². The van der Waals surface area contributed by atoms with E-state index in [1.807, 2.05) is 24.3 Å². The quantitative estimate of drug-likeness (QED) is 0.161. The van der Waals surface area contributed by atoms with Crippen LogP contribution in [0.3, 0.4) is 0 Å². The van der Waals surface area contributed by atoms with E-state index >= 15 is 0 Å². The van der Waals surface area contributed by atoms with Crippen LogP contribution in [0.2, 0.25) is 0 Å². The van der Waals surface area contributed by atoms with Crippen molar-refractivity contribution in [2.24, 2.45) is 17.8 Å². The van der Waals surface area contributed by atoms with Gasteiger partial charge in [-0.3, -0.25) is 0 Å². The van der Waals surface area contributed by atoms with Crippen molar-refractivity contribution in [2.75, 3.05) is 0 Å². The first-order chi connectivity index (χ1) is 30.1. The highest BCUT2D eigenvalue weighted by Crippen LogP contribution is 2.61. The van der Waals surface area contributed by atoms with Crippen LogP contribution in [0.15, 0.2) is 176 Å². The summed E-state index contributed by atoms with van der Waals surface area (Å²) in [5, 5.41) is 10.1. The first kappa shape index (κ1) is 35.9. The Labute approximate surface area is 357 Å². The molecular weight excluding hydrogens is 741 g/mol. The molecule has 4 fully saturated rings. The van der Waals surface area contributed by atoms with Gasteiger partial charge in [0.1, 0.15) is 0 Å². The number of nitrogens with zero attached hydrogens (tertiary/aromatic N) is 4. The molecule has 0 spiro atoms. The van der Waals surface area contributed by atoms with E-state index in [1.54, 1.807) is 0 Å². The van der Waals surface area contributed by atoms with Gasteiger partial charge in [0, 0.05) is 16.7 Å². The molecule has 0 amide bonds. The van der Waals surface area contributed by atoms with Gasteiger partial charge in [-0.05, 0) is 130 Å². The Hall–Kier alpha value is -6.96. The van der Waals surface area contributed by atoms with Crippen molar-refractivity contribution in [2.45, 2.75) is 49.4 Å². The fourth-order valence-electron chi connectivity index (χ4n) is 12.3. The largest absolute Gasteiger partial charge is 0.208 e. The Kier molecular flexibility index (Phi) is 8.29. The van der Waals surface area contributed by atoms with Crippen molar-refractivity contribution in [3.05, 3.63) is 209 Å². The standard InChI is InChI=1S/C57H44N4/c58-36-37-16-26-49-50-27-23-45(32-52(50)57(51(49)31-37,47-12-6-2-7-13-47)48-14-8-3-9-15-48)41-17-19-43(20-18-41)54-59-53(42-10-4-1-5-11-42)60-55(61-54)44-21-24-46(25-22-44)56-33-38-28-39(34-56)30-40(29-38)35-56/h1-27,31-32,38-40H,28-30,33-35H2. The lowest BCUT2D eigenvalue weighted by Crippen LogP contribution is -2.48. The third-order valence-electron chi connectivity index (χ3n) is 14.6. The minimum atomic E-state index is -0.599. The monoisotopic (exact) mass is 784 g/mol. The van der Waals surface area contributed by atoms with Crippen LogP contribution in [0, 0.1) is 29.1 Å². The number of hydrogen-bond donors (Lipinski definition) is 0. The third kappa shape index (κ3) is 5.82. The van der Waals surface area contributed by atoms with E-state index < -0.39 is 5.41 Å². The maximum atomic E-state index is 10.1. The molecule has 5 aliphatic carbocycles. The summed E-state index contributed by atoms with van der Waals surface area (Å²) < 4.78 is 0. The summed E-state index contributed by atoms with van der Waals surface area (Å²) in [5.41, 5.74) is 14.1. The van der Waals surface area contributed by atoms with Crippen molar-refractivity contribution < 1.29 is 0 Å². The normalized spacial score (nSPS) is 21.4. The molecule has 13 rings (SSSR count). The first-order valence-electron chi connectivity index (χ1n) is 21.9. The molecule has 4 heteroatoms. The Bertz CT molecular complexity index is 2910. The van der Waals surface area contributed by atoms with Crippen molar-refractivity contribution in [1.82, 2.24) is 15.0 Å². The van der Waals surface area contributed by atoms with Crippen molar-refractivity contribution in [3.63, 3.8) is 0 Å². The second kappa shape index (κ2) is 14.1. The SMILES string of the molecule is N#Cc1ccc2c(c1)C(c1ccccc1)(c1ccccc1)c1cc(-c3ccc(-c4nc(-c5ccccc5)nc(-c5ccc(C67CC8CC(CC(C8)C6)C7)cc5)n4)cc3)ccc1-2. The second-order valence-electron chi connectivity index (χ2n) is 18.1. The van der Waals surface area contributed by atoms with Crippen LogP contribution in [0.1, 0.15) is 71.9 Å². The lowest BCUT2D eigenvalue weighted by molar-refractivity contribution is -0.00518. The van der Waals surface area contributed by atoms with E-state index in [1.165, 1.54) is 66.3 Å². The summed E-state index contributed by atoms with van der Waals surface area (Å²) in [4.78, 5) is 15.3. The average molecular weight is 785 g/mol. The van der Waals surface area contributed by atoms with Gasteiger partial charge in [0.15, 0.2) is 17.5 Å². The van der Waals surface area contributed by atoms with Crippen LogP contribution in [0.4, 0.5) is 0 Å². The molecule has 7 aromatic carbocycles. The van der Waals surface area contributed by atoms with Crippen LogP contribution >= 0.6 is 0 Å². The van der Waals surface area contributed by atoms with E-state index in [9.17, 15) is 5.26 Å². The molecule has 61 heavy (non-hydrogen) atoms. The molecule has 0 saturated heterocycles. The van der Waals surface area contributed by atoms with Gasteiger partial charge in [0.25, 0.3) is 0 Å². The smallest absolute Gasteiger partial charge is 0.164 e. The summed E-state index contributed by atoms with van der Waals surface area (Å²) in [6.07, 6.45) is 8.40. The van der Waals surface area contributed by atoms with E-state index in [4.69, 9.17) is 15.0 Å². The van der Waals surface area contributed by atoms with Gasteiger partial charge in [0.2, 0.25) is 0 Å². The maximum absolute atomic E-state index is 10.1. The highest BCUT2D eigenvalue weighted by Gasteiger charge is 2.51. The highest BCUT2D eigenvalue weighted by atomic mass is 15.0. The van der Waals surface area contributed by atoms with Crippen molar-refractivity contribution in [1.29, 1.82) is 5.26 Å². The average Bonchev–Trinajstić information content (AvgIpc) is 3.61. The fraction of sp³-hybridized carbons (Fsp3) is 0.193. The molecule has 0 aliphatic heterocycles. The molecule has 1 aromatic heterocycles. The summed E-state index contributed by atoms with van der Waals surface area (Å²) in [6, 6.07) is 65.0. The topological polar surface area (TPSA) is 62.5 Å². The number of aromatic nitrogens is 3. The molecular formula is C57H44N4. The van der Waals surface area contributed by atoms with Gasteiger partial charge in [-0.2, -0.15) is 5.26 Å². The fourth-order valence-corrected chi connectivity index (χ4v) is 12.3. The number of fused-ring (bicyclic) bond motifs is 3. The Morgan fingerprint density at radius 2 is 0.836 bits per heavy atom. The van der Waals surface area contributed by atoms with E-state index in [-0.39, 0.29) is 0 Å². The van der Waals surface area contributed by atoms with Crippen LogP contribution < -0.4 is 0 Å². The molecule has 292 valence electrons. The second-order valence-corrected chi connectivity index (χ2v) is 18.1. The Morgan fingerprint density at radius 3 is 1.36 bits per heavy atom. The van der Waals surface area contributed by atoms with E-state index in [0.29, 0.717) is 28.5 Å². The zero-order valence-electron chi connectivity index (χ0n) is 34.0. The summed E-state index contributed by atoms with van der Waals surface area (Å²) in [5.74, 6) is 4.75. The zero-order valence-corrected chi connectivity index (χ0v) is 34.0. The summed E-state index contributed by atoms with van der Waals surface area (Å²) in [7, 11) is 0. The molecule has 0 N–H and O–H groups in total. The zero-order chi connectivity index (χ0) is 40.5. The Morgan fingerprint density at radius 1 is 0.410 bits per heavy atom. The van der Waals surface area contributed by atoms with Crippen LogP contribution in [0.25, 0.3) is 56.4 Å². The van der Waals surface area contributed by atoms with Gasteiger partial charge < -0.3 is 0 Å². The minimum absolute atomic E-state index is 0.350. The number of hydrogen-bond acceptors (Lipinski definition) is 4. The van der Waals surface area contributed by atoms with Gasteiger partial charge in [-0.25, -0.2) is 15.0 Å². The third-order valence-corrected chi connectivity index (χ3v) is 14.6. The van der Waals surface area contributed by atoms with Crippen LogP contribution in [0.5, 0.6) is 0 Å². The lowest BCUT2D eigenvalue weighted by atomic mass is 9.48. The molecule has 4 saturated carbocycles. The molecule has 4 nitrogen and oxygen atoms in total. The molecule has 4 bridgehead atoms. The van der Waals surface area contributed by atoms with E-state index in [0.717, 1.165) is 56.7 Å². The predicted octanol–water partition coefficient (Wildman–Crippen LogP) is 13.2. The van der Waals surface area contributed by atoms with Gasteiger partial charge in [0.05, 0.1) is 17.0 Å². The van der Waals surface area contributed by atoms with E-state index in [2.05, 4.69) is 158 Å². The number of rotatable bonds is 7. The molecule has 0 atom stereocenters. The summed E-state index contributed by atoms with van der Waals surface area (Å²) >= 11 is 0. The first-order valence-corrected chi connectivity index (χ1v) is 21.9. The molecule has 1 heterocycles.